The van der Waals surface area contributed by atoms with E-state index in [-0.39, 0.29) is 23.6 Å². The number of nitrogen functional groups attached to an aromatic ring is 1. The SMILES string of the molecule is CN(c1ccccc1)c1nc(N)nc(-c2noc(N3CCC(=CCC(F)(F)F)CC3)n2)n1. The van der Waals surface area contributed by atoms with E-state index < -0.39 is 12.6 Å². The Hall–Kier alpha value is -3.70. The summed E-state index contributed by atoms with van der Waals surface area (Å²) in [5.41, 5.74) is 7.50. The van der Waals surface area contributed by atoms with Crippen molar-refractivity contribution in [3.05, 3.63) is 42.0 Å². The van der Waals surface area contributed by atoms with Gasteiger partial charge in [-0.15, -0.1) is 0 Å². The van der Waals surface area contributed by atoms with Crippen molar-refractivity contribution in [2.45, 2.75) is 25.4 Å². The zero-order valence-corrected chi connectivity index (χ0v) is 17.2. The number of halogens is 3. The number of nitrogens with zero attached hydrogens (tertiary/aromatic N) is 7. The Balaban J connectivity index is 1.48. The minimum atomic E-state index is -4.19. The normalized spacial score (nSPS) is 14.5. The van der Waals surface area contributed by atoms with Crippen molar-refractivity contribution in [1.29, 1.82) is 0 Å². The zero-order valence-electron chi connectivity index (χ0n) is 17.2. The fraction of sp³-hybridized carbons (Fsp3) is 0.350. The number of aromatic nitrogens is 5. The molecule has 0 unspecified atom stereocenters. The molecule has 0 atom stereocenters. The summed E-state index contributed by atoms with van der Waals surface area (Å²) in [6, 6.07) is 9.75. The van der Waals surface area contributed by atoms with Gasteiger partial charge in [0.2, 0.25) is 23.5 Å². The van der Waals surface area contributed by atoms with Crippen molar-refractivity contribution in [2.75, 3.05) is 35.7 Å². The molecule has 168 valence electrons. The zero-order chi connectivity index (χ0) is 22.7. The van der Waals surface area contributed by atoms with Gasteiger partial charge in [0.05, 0.1) is 6.42 Å². The Kier molecular flexibility index (Phi) is 5.93. The number of alkyl halides is 3. The number of hydrogen-bond donors (Lipinski definition) is 1. The van der Waals surface area contributed by atoms with E-state index in [9.17, 15) is 13.2 Å². The maximum atomic E-state index is 12.4. The molecule has 0 spiro atoms. The summed E-state index contributed by atoms with van der Waals surface area (Å²) in [6.07, 6.45) is -2.84. The second-order valence-corrected chi connectivity index (χ2v) is 7.28. The maximum absolute atomic E-state index is 12.4. The van der Waals surface area contributed by atoms with E-state index in [0.717, 1.165) is 11.3 Å². The molecule has 1 aromatic carbocycles. The van der Waals surface area contributed by atoms with Crippen LogP contribution in [0.15, 0.2) is 46.5 Å². The highest BCUT2D eigenvalue weighted by atomic mass is 19.4. The van der Waals surface area contributed by atoms with Crippen molar-refractivity contribution in [3.8, 4) is 11.6 Å². The highest BCUT2D eigenvalue weighted by Gasteiger charge is 2.27. The summed E-state index contributed by atoms with van der Waals surface area (Å²) in [5, 5.41) is 3.95. The van der Waals surface area contributed by atoms with Gasteiger partial charge < -0.3 is 20.1 Å². The Labute approximate surface area is 181 Å². The lowest BCUT2D eigenvalue weighted by atomic mass is 10.0. The molecule has 0 amide bonds. The third-order valence-electron chi connectivity index (χ3n) is 5.00. The van der Waals surface area contributed by atoms with Crippen LogP contribution in [0.3, 0.4) is 0 Å². The Morgan fingerprint density at radius 3 is 2.47 bits per heavy atom. The van der Waals surface area contributed by atoms with E-state index in [2.05, 4.69) is 25.1 Å². The van der Waals surface area contributed by atoms with E-state index >= 15 is 0 Å². The van der Waals surface area contributed by atoms with Crippen LogP contribution in [-0.4, -0.2) is 51.4 Å². The minimum Gasteiger partial charge on any atom is -0.368 e. The first-order valence-electron chi connectivity index (χ1n) is 9.92. The highest BCUT2D eigenvalue weighted by molar-refractivity contribution is 5.59. The van der Waals surface area contributed by atoms with Gasteiger partial charge in [-0.1, -0.05) is 35.0 Å². The van der Waals surface area contributed by atoms with Gasteiger partial charge in [-0.2, -0.15) is 33.1 Å². The molecule has 2 aromatic heterocycles. The maximum Gasteiger partial charge on any atom is 0.392 e. The standard InChI is InChI=1S/C20H21F3N8O/c1-30(14-5-3-2-4-6-14)18-26-15(25-17(24)28-18)16-27-19(32-29-16)31-11-8-13(9-12-31)7-10-20(21,22)23/h2-7H,8-12H2,1H3,(H2,24,25,26,28). The average Bonchev–Trinajstić information content (AvgIpc) is 3.28. The molecule has 1 aliphatic heterocycles. The molecule has 3 aromatic rings. The minimum absolute atomic E-state index is 0.0107. The lowest BCUT2D eigenvalue weighted by Gasteiger charge is -2.26. The van der Waals surface area contributed by atoms with Crippen molar-refractivity contribution in [1.82, 2.24) is 25.1 Å². The number of para-hydroxylation sites is 1. The molecular formula is C20H21F3N8O. The van der Waals surface area contributed by atoms with E-state index in [1.165, 1.54) is 6.08 Å². The summed E-state index contributed by atoms with van der Waals surface area (Å²) < 4.78 is 42.6. The number of allylic oxidation sites excluding steroid dienone is 1. The van der Waals surface area contributed by atoms with E-state index in [0.29, 0.717) is 31.9 Å². The number of hydrogen-bond acceptors (Lipinski definition) is 9. The Morgan fingerprint density at radius 1 is 1.06 bits per heavy atom. The quantitative estimate of drug-likeness (QED) is 0.586. The molecule has 2 N–H and O–H groups in total. The molecule has 9 nitrogen and oxygen atoms in total. The second-order valence-electron chi connectivity index (χ2n) is 7.28. The number of benzene rings is 1. The Morgan fingerprint density at radius 2 is 1.78 bits per heavy atom. The average molecular weight is 446 g/mol. The van der Waals surface area contributed by atoms with Crippen LogP contribution in [0.5, 0.6) is 0 Å². The molecule has 1 aliphatic rings. The van der Waals surface area contributed by atoms with Gasteiger partial charge in [0.15, 0.2) is 0 Å². The number of piperidine rings is 1. The van der Waals surface area contributed by atoms with E-state index in [1.807, 2.05) is 35.2 Å². The lowest BCUT2D eigenvalue weighted by Crippen LogP contribution is -2.30. The molecule has 3 heterocycles. The molecule has 0 bridgehead atoms. The fourth-order valence-electron chi connectivity index (χ4n) is 3.28. The summed E-state index contributed by atoms with van der Waals surface area (Å²) in [6.45, 7) is 0.958. The molecule has 0 saturated carbocycles. The van der Waals surface area contributed by atoms with Crippen molar-refractivity contribution in [2.24, 2.45) is 0 Å². The number of rotatable bonds is 5. The van der Waals surface area contributed by atoms with Crippen LogP contribution in [0.25, 0.3) is 11.6 Å². The predicted molar refractivity (Wildman–Crippen MR) is 112 cm³/mol. The Bertz CT molecular complexity index is 1090. The fourth-order valence-corrected chi connectivity index (χ4v) is 3.28. The summed E-state index contributed by atoms with van der Waals surface area (Å²) in [7, 11) is 1.80. The smallest absolute Gasteiger partial charge is 0.368 e. The van der Waals surface area contributed by atoms with E-state index in [1.54, 1.807) is 11.9 Å². The summed E-state index contributed by atoms with van der Waals surface area (Å²) in [5.74, 6) is 0.641. The topological polar surface area (TPSA) is 110 Å². The van der Waals surface area contributed by atoms with Gasteiger partial charge in [-0.25, -0.2) is 0 Å². The van der Waals surface area contributed by atoms with E-state index in [4.69, 9.17) is 10.3 Å². The third-order valence-corrected chi connectivity index (χ3v) is 5.00. The predicted octanol–water partition coefficient (Wildman–Crippen LogP) is 3.75. The second kappa shape index (κ2) is 8.81. The van der Waals surface area contributed by atoms with Crippen LogP contribution in [0.2, 0.25) is 0 Å². The van der Waals surface area contributed by atoms with Crippen LogP contribution in [-0.2, 0) is 0 Å². The first kappa shape index (κ1) is 21.5. The molecule has 12 heteroatoms. The van der Waals surface area contributed by atoms with Crippen molar-refractivity contribution in [3.63, 3.8) is 0 Å². The van der Waals surface area contributed by atoms with Crippen LogP contribution < -0.4 is 15.5 Å². The third kappa shape index (κ3) is 5.13. The summed E-state index contributed by atoms with van der Waals surface area (Å²) in [4.78, 5) is 20.6. The first-order chi connectivity index (χ1) is 15.3. The van der Waals surface area contributed by atoms with Crippen molar-refractivity contribution < 1.29 is 17.7 Å². The first-order valence-corrected chi connectivity index (χ1v) is 9.92. The highest BCUT2D eigenvalue weighted by Crippen LogP contribution is 2.27. The van der Waals surface area contributed by atoms with Crippen LogP contribution in [0.4, 0.5) is 36.8 Å². The van der Waals surface area contributed by atoms with Gasteiger partial charge in [0, 0.05) is 25.8 Å². The van der Waals surface area contributed by atoms with Crippen LogP contribution in [0.1, 0.15) is 19.3 Å². The van der Waals surface area contributed by atoms with Crippen LogP contribution in [0, 0.1) is 0 Å². The largest absolute Gasteiger partial charge is 0.392 e. The van der Waals surface area contributed by atoms with Gasteiger partial charge in [0.25, 0.3) is 0 Å². The van der Waals surface area contributed by atoms with Gasteiger partial charge in [-0.3, -0.25) is 0 Å². The number of nitrogens with two attached hydrogens (primary N) is 1. The molecular weight excluding hydrogens is 425 g/mol. The van der Waals surface area contributed by atoms with Gasteiger partial charge >= 0.3 is 12.2 Å². The summed E-state index contributed by atoms with van der Waals surface area (Å²) >= 11 is 0. The lowest BCUT2D eigenvalue weighted by molar-refractivity contribution is -0.125. The van der Waals surface area contributed by atoms with Crippen molar-refractivity contribution >= 4 is 23.6 Å². The molecule has 0 aliphatic carbocycles. The molecule has 0 radical (unpaired) electrons. The van der Waals surface area contributed by atoms with Crippen LogP contribution >= 0.6 is 0 Å². The molecule has 1 fully saturated rings. The molecule has 1 saturated heterocycles. The molecule has 4 rings (SSSR count). The monoisotopic (exact) mass is 446 g/mol. The van der Waals surface area contributed by atoms with Gasteiger partial charge in [-0.05, 0) is 25.0 Å². The molecule has 32 heavy (non-hydrogen) atoms. The van der Waals surface area contributed by atoms with Gasteiger partial charge in [0.1, 0.15) is 0 Å². The number of anilines is 4.